The zero-order valence-corrected chi connectivity index (χ0v) is 10.7. The maximum Gasteiger partial charge on any atom is 0.174 e. The van der Waals surface area contributed by atoms with Crippen molar-refractivity contribution in [2.75, 3.05) is 0 Å². The molecular formula is C10H12N4S2. The van der Waals surface area contributed by atoms with E-state index >= 15 is 0 Å². The average Bonchev–Trinajstić information content (AvgIpc) is 2.65. The number of rotatable bonds is 3. The Bertz CT molecular complexity index is 464. The molecule has 84 valence electrons. The Balaban J connectivity index is 2.11. The molecule has 2 heterocycles. The molecule has 16 heavy (non-hydrogen) atoms. The van der Waals surface area contributed by atoms with Gasteiger partial charge in [0.05, 0.1) is 5.69 Å². The highest BCUT2D eigenvalue weighted by atomic mass is 32.2. The minimum atomic E-state index is -0.0252. The van der Waals surface area contributed by atoms with E-state index in [0.29, 0.717) is 0 Å². The van der Waals surface area contributed by atoms with Crippen LogP contribution < -0.4 is 5.73 Å². The number of hydrogen-bond acceptors (Lipinski definition) is 6. The average molecular weight is 252 g/mol. The summed E-state index contributed by atoms with van der Waals surface area (Å²) >= 11 is 2.97. The minimum Gasteiger partial charge on any atom is -0.323 e. The SMILES string of the molecule is Cc1nsc(Sc2ccc([C@@H](C)N)nc2)n1. The first kappa shape index (κ1) is 11.5. The van der Waals surface area contributed by atoms with E-state index in [4.69, 9.17) is 5.73 Å². The first-order valence-electron chi connectivity index (χ1n) is 4.85. The normalized spacial score (nSPS) is 12.7. The molecule has 0 aromatic carbocycles. The molecule has 1 atom stereocenters. The summed E-state index contributed by atoms with van der Waals surface area (Å²) in [4.78, 5) is 9.63. The molecule has 0 aliphatic rings. The molecule has 0 aliphatic carbocycles. The summed E-state index contributed by atoms with van der Waals surface area (Å²) in [5, 5.41) is 0. The van der Waals surface area contributed by atoms with Gasteiger partial charge in [0.15, 0.2) is 4.34 Å². The molecular weight excluding hydrogens is 240 g/mol. The second-order valence-corrected chi connectivity index (χ2v) is 5.49. The summed E-state index contributed by atoms with van der Waals surface area (Å²) in [7, 11) is 0. The molecule has 2 aromatic rings. The Hall–Kier alpha value is -0.980. The topological polar surface area (TPSA) is 64.7 Å². The molecule has 0 unspecified atom stereocenters. The van der Waals surface area contributed by atoms with Crippen LogP contribution in [0.15, 0.2) is 27.6 Å². The lowest BCUT2D eigenvalue weighted by atomic mass is 10.2. The van der Waals surface area contributed by atoms with Gasteiger partial charge in [0.25, 0.3) is 0 Å². The van der Waals surface area contributed by atoms with Gasteiger partial charge in [-0.15, -0.1) is 0 Å². The van der Waals surface area contributed by atoms with Crippen molar-refractivity contribution in [2.24, 2.45) is 5.73 Å². The lowest BCUT2D eigenvalue weighted by Crippen LogP contribution is -2.06. The molecule has 2 N–H and O–H groups in total. The molecule has 0 bridgehead atoms. The van der Waals surface area contributed by atoms with Gasteiger partial charge >= 0.3 is 0 Å². The summed E-state index contributed by atoms with van der Waals surface area (Å²) in [5.41, 5.74) is 6.63. The van der Waals surface area contributed by atoms with Crippen molar-refractivity contribution in [3.05, 3.63) is 29.8 Å². The van der Waals surface area contributed by atoms with Gasteiger partial charge < -0.3 is 5.73 Å². The van der Waals surface area contributed by atoms with Crippen LogP contribution in [-0.2, 0) is 0 Å². The zero-order chi connectivity index (χ0) is 11.5. The molecule has 0 aliphatic heterocycles. The molecule has 4 nitrogen and oxygen atoms in total. The number of aromatic nitrogens is 3. The van der Waals surface area contributed by atoms with Crippen molar-refractivity contribution in [1.82, 2.24) is 14.3 Å². The third kappa shape index (κ3) is 2.78. The molecule has 6 heteroatoms. The van der Waals surface area contributed by atoms with E-state index in [1.807, 2.05) is 32.2 Å². The van der Waals surface area contributed by atoms with Crippen molar-refractivity contribution < 1.29 is 0 Å². The van der Waals surface area contributed by atoms with Crippen molar-refractivity contribution in [3.63, 3.8) is 0 Å². The predicted octanol–water partition coefficient (Wildman–Crippen LogP) is 2.41. The van der Waals surface area contributed by atoms with Gasteiger partial charge in [0.1, 0.15) is 5.82 Å². The zero-order valence-electron chi connectivity index (χ0n) is 9.04. The number of nitrogens with zero attached hydrogens (tertiary/aromatic N) is 3. The van der Waals surface area contributed by atoms with Crippen LogP contribution in [0.2, 0.25) is 0 Å². The first-order valence-corrected chi connectivity index (χ1v) is 6.44. The van der Waals surface area contributed by atoms with Crippen LogP contribution in [0, 0.1) is 6.92 Å². The van der Waals surface area contributed by atoms with E-state index in [-0.39, 0.29) is 6.04 Å². The molecule has 0 spiro atoms. The van der Waals surface area contributed by atoms with E-state index < -0.39 is 0 Å². The maximum absolute atomic E-state index is 5.73. The molecule has 0 saturated carbocycles. The van der Waals surface area contributed by atoms with Crippen molar-refractivity contribution >= 4 is 23.3 Å². The highest BCUT2D eigenvalue weighted by Gasteiger charge is 2.05. The summed E-state index contributed by atoms with van der Waals surface area (Å²) in [6.45, 7) is 3.81. The van der Waals surface area contributed by atoms with Gasteiger partial charge in [-0.05, 0) is 37.5 Å². The van der Waals surface area contributed by atoms with Crippen molar-refractivity contribution in [2.45, 2.75) is 29.1 Å². The quantitative estimate of drug-likeness (QED) is 0.908. The lowest BCUT2D eigenvalue weighted by Gasteiger charge is -2.04. The van der Waals surface area contributed by atoms with Gasteiger partial charge in [0, 0.05) is 17.1 Å². The van der Waals surface area contributed by atoms with Crippen LogP contribution in [0.5, 0.6) is 0 Å². The Morgan fingerprint density at radius 3 is 2.75 bits per heavy atom. The van der Waals surface area contributed by atoms with Crippen LogP contribution in [0.4, 0.5) is 0 Å². The van der Waals surface area contributed by atoms with E-state index in [2.05, 4.69) is 14.3 Å². The molecule has 0 fully saturated rings. The highest BCUT2D eigenvalue weighted by Crippen LogP contribution is 2.28. The van der Waals surface area contributed by atoms with E-state index in [0.717, 1.165) is 20.8 Å². The Labute approximate surface area is 102 Å². The van der Waals surface area contributed by atoms with E-state index in [9.17, 15) is 0 Å². The number of pyridine rings is 1. The summed E-state index contributed by atoms with van der Waals surface area (Å²) in [6.07, 6.45) is 1.82. The second kappa shape index (κ2) is 4.90. The molecule has 0 amide bonds. The summed E-state index contributed by atoms with van der Waals surface area (Å²) < 4.78 is 5.07. The number of nitrogens with two attached hydrogens (primary N) is 1. The van der Waals surface area contributed by atoms with Crippen molar-refractivity contribution in [3.8, 4) is 0 Å². The molecule has 2 aromatic heterocycles. The Kier molecular flexibility index (Phi) is 3.52. The van der Waals surface area contributed by atoms with Gasteiger partial charge in [-0.2, -0.15) is 4.37 Å². The first-order chi connectivity index (χ1) is 7.65. The lowest BCUT2D eigenvalue weighted by molar-refractivity contribution is 0.777. The molecule has 0 saturated heterocycles. The third-order valence-corrected chi connectivity index (χ3v) is 3.76. The minimum absolute atomic E-state index is 0.0252. The summed E-state index contributed by atoms with van der Waals surface area (Å²) in [5.74, 6) is 0.813. The third-order valence-electron chi connectivity index (χ3n) is 1.94. The van der Waals surface area contributed by atoms with Crippen LogP contribution in [0.3, 0.4) is 0 Å². The van der Waals surface area contributed by atoms with Crippen LogP contribution in [0.1, 0.15) is 24.5 Å². The van der Waals surface area contributed by atoms with E-state index in [1.165, 1.54) is 11.5 Å². The maximum atomic E-state index is 5.73. The predicted molar refractivity (Wildman–Crippen MR) is 65.6 cm³/mol. The fraction of sp³-hybridized carbons (Fsp3) is 0.300. The second-order valence-electron chi connectivity index (χ2n) is 3.42. The van der Waals surface area contributed by atoms with Crippen LogP contribution in [-0.4, -0.2) is 14.3 Å². The number of aryl methyl sites for hydroxylation is 1. The van der Waals surface area contributed by atoms with Gasteiger partial charge in [0.2, 0.25) is 0 Å². The highest BCUT2D eigenvalue weighted by molar-refractivity contribution is 8.01. The summed E-state index contributed by atoms with van der Waals surface area (Å²) in [6, 6.07) is 3.93. The van der Waals surface area contributed by atoms with Crippen LogP contribution >= 0.6 is 23.3 Å². The largest absolute Gasteiger partial charge is 0.323 e. The fourth-order valence-electron chi connectivity index (χ4n) is 1.14. The van der Waals surface area contributed by atoms with Crippen molar-refractivity contribution in [1.29, 1.82) is 0 Å². The van der Waals surface area contributed by atoms with E-state index in [1.54, 1.807) is 11.8 Å². The Morgan fingerprint density at radius 2 is 2.25 bits per heavy atom. The standard InChI is InChI=1S/C10H12N4S2/c1-6(11)9-4-3-8(5-12-9)15-10-13-7(2)14-16-10/h3-6H,11H2,1-2H3/t6-/m1/s1. The van der Waals surface area contributed by atoms with Gasteiger partial charge in [-0.1, -0.05) is 11.8 Å². The van der Waals surface area contributed by atoms with Gasteiger partial charge in [-0.3, -0.25) is 4.98 Å². The Morgan fingerprint density at radius 1 is 1.44 bits per heavy atom. The fourth-order valence-corrected chi connectivity index (χ4v) is 2.74. The monoisotopic (exact) mass is 252 g/mol. The number of hydrogen-bond donors (Lipinski definition) is 1. The molecule has 2 rings (SSSR count). The van der Waals surface area contributed by atoms with Crippen LogP contribution in [0.25, 0.3) is 0 Å². The van der Waals surface area contributed by atoms with Gasteiger partial charge in [-0.25, -0.2) is 4.98 Å². The molecule has 0 radical (unpaired) electrons. The smallest absolute Gasteiger partial charge is 0.174 e.